The summed E-state index contributed by atoms with van der Waals surface area (Å²) < 4.78 is 17.2. The molecule has 0 aliphatic carbocycles. The van der Waals surface area contributed by atoms with Crippen LogP contribution in [0.1, 0.15) is 40.2 Å². The number of esters is 1. The molecule has 5 rings (SSSR count). The molecular weight excluding hydrogens is 420 g/mol. The third-order valence-corrected chi connectivity index (χ3v) is 6.39. The van der Waals surface area contributed by atoms with E-state index in [1.807, 2.05) is 36.4 Å². The summed E-state index contributed by atoms with van der Waals surface area (Å²) in [6.07, 6.45) is 3.51. The maximum absolute atomic E-state index is 13.1. The van der Waals surface area contributed by atoms with Crippen LogP contribution in [0.4, 0.5) is 0 Å². The zero-order valence-electron chi connectivity index (χ0n) is 18.8. The van der Waals surface area contributed by atoms with Gasteiger partial charge in [-0.25, -0.2) is 4.79 Å². The van der Waals surface area contributed by atoms with Gasteiger partial charge >= 0.3 is 5.97 Å². The summed E-state index contributed by atoms with van der Waals surface area (Å²) in [4.78, 5) is 18.5. The van der Waals surface area contributed by atoms with Gasteiger partial charge in [0.1, 0.15) is 41.8 Å². The number of pyridine rings is 1. The van der Waals surface area contributed by atoms with Gasteiger partial charge in [-0.15, -0.1) is 0 Å². The summed E-state index contributed by atoms with van der Waals surface area (Å²) in [6, 6.07) is 11.3. The number of fused-ring (bicyclic) bond motifs is 3. The molecule has 33 heavy (non-hydrogen) atoms. The summed E-state index contributed by atoms with van der Waals surface area (Å²) in [5.74, 6) is 0.186. The predicted octanol–water partition coefficient (Wildman–Crippen LogP) is 3.18. The van der Waals surface area contributed by atoms with E-state index in [-0.39, 0.29) is 18.4 Å². The maximum Gasteiger partial charge on any atom is 0.342 e. The van der Waals surface area contributed by atoms with Gasteiger partial charge < -0.3 is 23.9 Å². The number of benzene rings is 2. The van der Waals surface area contributed by atoms with Crippen LogP contribution in [0, 0.1) is 6.92 Å². The highest BCUT2D eigenvalue weighted by atomic mass is 16.5. The first-order valence-electron chi connectivity index (χ1n) is 11.3. The fraction of sp³-hybridized carbons (Fsp3) is 0.308. The van der Waals surface area contributed by atoms with Crippen molar-refractivity contribution in [2.24, 2.45) is 0 Å². The summed E-state index contributed by atoms with van der Waals surface area (Å²) in [7, 11) is 0. The molecule has 0 bridgehead atoms. The third-order valence-electron chi connectivity index (χ3n) is 6.39. The molecule has 170 valence electrons. The molecule has 7 heteroatoms. The Balaban J connectivity index is 1.89. The number of quaternary nitrogens is 1. The smallest absolute Gasteiger partial charge is 0.342 e. The van der Waals surface area contributed by atoms with E-state index in [1.165, 1.54) is 4.90 Å². The lowest BCUT2D eigenvalue weighted by molar-refractivity contribution is -0.933. The highest BCUT2D eigenvalue weighted by Crippen LogP contribution is 2.44. The van der Waals surface area contributed by atoms with Gasteiger partial charge in [-0.2, -0.15) is 0 Å². The van der Waals surface area contributed by atoms with Crippen LogP contribution in [0.25, 0.3) is 21.7 Å². The Morgan fingerprint density at radius 2 is 1.85 bits per heavy atom. The number of nitrogens with zero attached hydrogens (tertiary/aromatic N) is 1. The van der Waals surface area contributed by atoms with Gasteiger partial charge in [-0.3, -0.25) is 4.98 Å². The number of aryl methyl sites for hydroxylation is 1. The minimum atomic E-state index is -0.449. The molecule has 0 unspecified atom stereocenters. The van der Waals surface area contributed by atoms with Crippen LogP contribution in [-0.2, 0) is 9.47 Å². The number of phenols is 1. The molecule has 4 aromatic rings. The predicted molar refractivity (Wildman–Crippen MR) is 124 cm³/mol. The van der Waals surface area contributed by atoms with Crippen LogP contribution >= 0.6 is 0 Å². The third kappa shape index (κ3) is 3.63. The molecule has 1 aliphatic rings. The number of nitrogens with one attached hydrogen (secondary N) is 1. The number of morpholine rings is 1. The van der Waals surface area contributed by atoms with Gasteiger partial charge in [0, 0.05) is 34.1 Å². The SMILES string of the molecule is CCOC(=O)c1c(C)oc2c1c([C@H](c1ccncc1)[NH+]1CCOCC1)c(O)c1ccccc12. The molecule has 2 aromatic heterocycles. The van der Waals surface area contributed by atoms with Crippen LogP contribution in [-0.4, -0.2) is 49.0 Å². The largest absolute Gasteiger partial charge is 0.507 e. The van der Waals surface area contributed by atoms with Crippen LogP contribution in [0.5, 0.6) is 5.75 Å². The van der Waals surface area contributed by atoms with E-state index < -0.39 is 5.97 Å². The van der Waals surface area contributed by atoms with E-state index in [9.17, 15) is 9.90 Å². The number of hydrogen-bond acceptors (Lipinski definition) is 6. The van der Waals surface area contributed by atoms with E-state index in [4.69, 9.17) is 13.9 Å². The minimum absolute atomic E-state index is 0.158. The zero-order valence-corrected chi connectivity index (χ0v) is 18.8. The number of rotatable bonds is 5. The van der Waals surface area contributed by atoms with E-state index in [2.05, 4.69) is 4.98 Å². The average Bonchev–Trinajstić information content (AvgIpc) is 3.20. The van der Waals surface area contributed by atoms with Gasteiger partial charge in [0.05, 0.1) is 25.4 Å². The molecule has 1 aliphatic heterocycles. The van der Waals surface area contributed by atoms with Crippen molar-refractivity contribution in [2.45, 2.75) is 19.9 Å². The summed E-state index contributed by atoms with van der Waals surface area (Å²) in [5, 5.41) is 13.8. The second kappa shape index (κ2) is 8.84. The van der Waals surface area contributed by atoms with Gasteiger partial charge in [-0.05, 0) is 26.0 Å². The lowest BCUT2D eigenvalue weighted by Crippen LogP contribution is -3.14. The first-order valence-corrected chi connectivity index (χ1v) is 11.3. The molecule has 0 amide bonds. The van der Waals surface area contributed by atoms with Crippen molar-refractivity contribution >= 4 is 27.7 Å². The van der Waals surface area contributed by atoms with Gasteiger partial charge in [-0.1, -0.05) is 24.3 Å². The number of carbonyl (C=O) groups is 1. The molecule has 0 saturated carbocycles. The molecule has 0 radical (unpaired) electrons. The van der Waals surface area contributed by atoms with E-state index in [0.717, 1.165) is 24.0 Å². The van der Waals surface area contributed by atoms with Crippen LogP contribution in [0.15, 0.2) is 53.2 Å². The van der Waals surface area contributed by atoms with Crippen LogP contribution < -0.4 is 4.90 Å². The number of aromatic hydroxyl groups is 1. The summed E-state index contributed by atoms with van der Waals surface area (Å²) >= 11 is 0. The monoisotopic (exact) mass is 447 g/mol. The second-order valence-corrected chi connectivity index (χ2v) is 8.25. The van der Waals surface area contributed by atoms with Crippen LogP contribution in [0.2, 0.25) is 0 Å². The van der Waals surface area contributed by atoms with Crippen molar-refractivity contribution in [3.8, 4) is 5.75 Å². The number of carbonyl (C=O) groups excluding carboxylic acids is 1. The highest BCUT2D eigenvalue weighted by Gasteiger charge is 2.36. The lowest BCUT2D eigenvalue weighted by atomic mass is 9.89. The molecule has 2 aromatic carbocycles. The lowest BCUT2D eigenvalue weighted by Gasteiger charge is -2.33. The molecule has 1 fully saturated rings. The van der Waals surface area contributed by atoms with E-state index >= 15 is 0 Å². The second-order valence-electron chi connectivity index (χ2n) is 8.25. The Kier molecular flexibility index (Phi) is 5.74. The van der Waals surface area contributed by atoms with Gasteiger partial charge in [0.25, 0.3) is 0 Å². The number of hydrogen-bond donors (Lipinski definition) is 2. The number of aromatic nitrogens is 1. The number of furan rings is 1. The molecule has 1 atom stereocenters. The first kappa shape index (κ1) is 21.4. The average molecular weight is 448 g/mol. The summed E-state index contributed by atoms with van der Waals surface area (Å²) in [6.45, 7) is 6.60. The highest BCUT2D eigenvalue weighted by molar-refractivity contribution is 6.16. The Hall–Kier alpha value is -3.42. The Bertz CT molecular complexity index is 1310. The number of ether oxygens (including phenoxy) is 2. The molecular formula is C26H27N2O5+. The van der Waals surface area contributed by atoms with Crippen molar-refractivity contribution in [1.82, 2.24) is 4.98 Å². The number of phenolic OH excluding ortho intramolecular Hbond substituents is 1. The molecule has 2 N–H and O–H groups in total. The quantitative estimate of drug-likeness (QED) is 0.457. The van der Waals surface area contributed by atoms with E-state index in [0.29, 0.717) is 46.5 Å². The van der Waals surface area contributed by atoms with Crippen molar-refractivity contribution in [1.29, 1.82) is 0 Å². The van der Waals surface area contributed by atoms with E-state index in [1.54, 1.807) is 26.2 Å². The minimum Gasteiger partial charge on any atom is -0.507 e. The summed E-state index contributed by atoms with van der Waals surface area (Å²) in [5.41, 5.74) is 2.63. The van der Waals surface area contributed by atoms with Crippen molar-refractivity contribution in [3.05, 3.63) is 71.2 Å². The maximum atomic E-state index is 13.1. The molecule has 0 spiro atoms. The van der Waals surface area contributed by atoms with Crippen LogP contribution in [0.3, 0.4) is 0 Å². The molecule has 3 heterocycles. The van der Waals surface area contributed by atoms with Crippen molar-refractivity contribution < 1.29 is 28.7 Å². The fourth-order valence-electron chi connectivity index (χ4n) is 4.96. The van der Waals surface area contributed by atoms with Crippen molar-refractivity contribution in [3.63, 3.8) is 0 Å². The fourth-order valence-corrected chi connectivity index (χ4v) is 4.96. The Morgan fingerprint density at radius 3 is 2.55 bits per heavy atom. The van der Waals surface area contributed by atoms with Gasteiger partial charge in [0.15, 0.2) is 0 Å². The molecule has 7 nitrogen and oxygen atoms in total. The first-order chi connectivity index (χ1) is 16.1. The van der Waals surface area contributed by atoms with Crippen molar-refractivity contribution in [2.75, 3.05) is 32.9 Å². The standard InChI is InChI=1S/C26H26N2O5/c1-3-32-26(30)20-16(2)33-25-19-7-5-4-6-18(19)24(29)22(21(20)25)23(17-8-10-27-11-9-17)28-12-14-31-15-13-28/h4-11,23,29H,3,12-15H2,1-2H3/p+1/t23-/m0/s1. The Morgan fingerprint density at radius 1 is 1.15 bits per heavy atom. The topological polar surface area (TPSA) is 86.2 Å². The Labute approximate surface area is 191 Å². The van der Waals surface area contributed by atoms with Gasteiger partial charge in [0.2, 0.25) is 0 Å². The molecule has 1 saturated heterocycles. The normalized spacial score (nSPS) is 15.7. The zero-order chi connectivity index (χ0) is 22.9.